The van der Waals surface area contributed by atoms with Gasteiger partial charge in [0, 0.05) is 17.1 Å². The molecule has 0 saturated carbocycles. The molecule has 7 nitrogen and oxygen atoms in total. The number of carbonyl (C=O) groups is 1. The van der Waals surface area contributed by atoms with Crippen molar-refractivity contribution < 1.29 is 22.7 Å². The number of benzene rings is 3. The van der Waals surface area contributed by atoms with Crippen LogP contribution in [0, 0.1) is 0 Å². The standard InChI is InChI=1S/C24H25ClN2O5S/c1-31-21-11-7-6-10-18(21)16-26-24(28)20(14-17-8-4-3-5-9-17)27-33(29,30)23-15-19(25)12-13-22(23)32-2/h3-13,15,20,27H,14,16H2,1-2H3,(H,26,28)/t20-/m0/s1. The molecule has 0 aliphatic heterocycles. The summed E-state index contributed by atoms with van der Waals surface area (Å²) in [4.78, 5) is 13.0. The van der Waals surface area contributed by atoms with E-state index in [1.165, 1.54) is 25.3 Å². The molecule has 0 radical (unpaired) electrons. The third-order valence-corrected chi connectivity index (χ3v) is 6.69. The number of methoxy groups -OCH3 is 2. The number of carbonyl (C=O) groups excluding carboxylic acids is 1. The van der Waals surface area contributed by atoms with E-state index in [0.717, 1.165) is 11.1 Å². The Balaban J connectivity index is 1.86. The Kier molecular flexibility index (Phi) is 8.32. The molecular formula is C24H25ClN2O5S. The average Bonchev–Trinajstić information content (AvgIpc) is 2.82. The predicted octanol–water partition coefficient (Wildman–Crippen LogP) is 3.56. The van der Waals surface area contributed by atoms with Crippen molar-refractivity contribution in [1.29, 1.82) is 0 Å². The predicted molar refractivity (Wildman–Crippen MR) is 127 cm³/mol. The van der Waals surface area contributed by atoms with Gasteiger partial charge in [0.1, 0.15) is 22.4 Å². The van der Waals surface area contributed by atoms with Gasteiger partial charge in [-0.3, -0.25) is 4.79 Å². The summed E-state index contributed by atoms with van der Waals surface area (Å²) in [6.07, 6.45) is 0.153. The minimum absolute atomic E-state index is 0.125. The number of amides is 1. The van der Waals surface area contributed by atoms with Gasteiger partial charge in [-0.15, -0.1) is 0 Å². The molecule has 0 bridgehead atoms. The van der Waals surface area contributed by atoms with Crippen LogP contribution in [-0.2, 0) is 27.8 Å². The Morgan fingerprint density at radius 3 is 2.30 bits per heavy atom. The smallest absolute Gasteiger partial charge is 0.245 e. The van der Waals surface area contributed by atoms with Crippen LogP contribution in [0.1, 0.15) is 11.1 Å². The third kappa shape index (κ3) is 6.47. The minimum atomic E-state index is -4.13. The van der Waals surface area contributed by atoms with Crippen LogP contribution in [0.3, 0.4) is 0 Å². The van der Waals surface area contributed by atoms with Gasteiger partial charge >= 0.3 is 0 Å². The largest absolute Gasteiger partial charge is 0.496 e. The second-order valence-electron chi connectivity index (χ2n) is 7.19. The Hall–Kier alpha value is -3.07. The van der Waals surface area contributed by atoms with E-state index in [0.29, 0.717) is 5.75 Å². The molecule has 0 fully saturated rings. The van der Waals surface area contributed by atoms with Crippen molar-refractivity contribution in [2.75, 3.05) is 14.2 Å². The van der Waals surface area contributed by atoms with Crippen molar-refractivity contribution in [2.24, 2.45) is 0 Å². The first-order chi connectivity index (χ1) is 15.8. The van der Waals surface area contributed by atoms with Crippen LogP contribution in [0.5, 0.6) is 11.5 Å². The van der Waals surface area contributed by atoms with E-state index in [1.807, 2.05) is 48.5 Å². The van der Waals surface area contributed by atoms with Crippen LogP contribution in [0.15, 0.2) is 77.7 Å². The van der Waals surface area contributed by atoms with Crippen LogP contribution in [0.2, 0.25) is 5.02 Å². The SMILES string of the molecule is COc1ccccc1CNC(=O)[C@H](Cc1ccccc1)NS(=O)(=O)c1cc(Cl)ccc1OC. The summed E-state index contributed by atoms with van der Waals surface area (Å²) in [5, 5.41) is 3.04. The van der Waals surface area contributed by atoms with E-state index in [-0.39, 0.29) is 28.6 Å². The molecule has 2 N–H and O–H groups in total. The van der Waals surface area contributed by atoms with Gasteiger partial charge in [0.05, 0.1) is 14.2 Å². The van der Waals surface area contributed by atoms with Crippen LogP contribution >= 0.6 is 11.6 Å². The topological polar surface area (TPSA) is 93.7 Å². The van der Waals surface area contributed by atoms with E-state index >= 15 is 0 Å². The number of nitrogens with one attached hydrogen (secondary N) is 2. The number of halogens is 1. The average molecular weight is 489 g/mol. The van der Waals surface area contributed by atoms with Crippen LogP contribution in [0.4, 0.5) is 0 Å². The van der Waals surface area contributed by atoms with Crippen molar-refractivity contribution in [1.82, 2.24) is 10.0 Å². The number of rotatable bonds is 10. The molecule has 0 aromatic heterocycles. The van der Waals surface area contributed by atoms with Gasteiger partial charge < -0.3 is 14.8 Å². The van der Waals surface area contributed by atoms with Gasteiger partial charge in [-0.2, -0.15) is 4.72 Å². The zero-order valence-corrected chi connectivity index (χ0v) is 19.8. The minimum Gasteiger partial charge on any atom is -0.496 e. The summed E-state index contributed by atoms with van der Waals surface area (Å²) in [7, 11) is -1.22. The fourth-order valence-corrected chi connectivity index (χ4v) is 4.93. The number of sulfonamides is 1. The van der Waals surface area contributed by atoms with E-state index in [2.05, 4.69) is 10.0 Å². The quantitative estimate of drug-likeness (QED) is 0.455. The first kappa shape index (κ1) is 24.6. The van der Waals surface area contributed by atoms with Gasteiger partial charge in [0.2, 0.25) is 15.9 Å². The molecule has 0 saturated heterocycles. The lowest BCUT2D eigenvalue weighted by Crippen LogP contribution is -2.47. The monoisotopic (exact) mass is 488 g/mol. The highest BCUT2D eigenvalue weighted by Gasteiger charge is 2.28. The summed E-state index contributed by atoms with van der Waals surface area (Å²) in [6, 6.07) is 19.6. The van der Waals surface area contributed by atoms with Crippen molar-refractivity contribution in [3.63, 3.8) is 0 Å². The summed E-state index contributed by atoms with van der Waals surface area (Å²) < 4.78 is 39.4. The summed E-state index contributed by atoms with van der Waals surface area (Å²) in [6.45, 7) is 0.177. The van der Waals surface area contributed by atoms with Crippen LogP contribution in [-0.4, -0.2) is 34.6 Å². The molecule has 1 amide bonds. The van der Waals surface area contributed by atoms with E-state index < -0.39 is 22.0 Å². The molecule has 33 heavy (non-hydrogen) atoms. The lowest BCUT2D eigenvalue weighted by Gasteiger charge is -2.20. The normalized spacial score (nSPS) is 12.1. The molecule has 9 heteroatoms. The fraction of sp³-hybridized carbons (Fsp3) is 0.208. The second-order valence-corrected chi connectivity index (χ2v) is 9.31. The molecule has 1 atom stereocenters. The molecule has 3 aromatic carbocycles. The maximum Gasteiger partial charge on any atom is 0.245 e. The van der Waals surface area contributed by atoms with Crippen LogP contribution in [0.25, 0.3) is 0 Å². The number of hydrogen-bond donors (Lipinski definition) is 2. The van der Waals surface area contributed by atoms with Gasteiger partial charge in [-0.05, 0) is 36.2 Å². The van der Waals surface area contributed by atoms with Gasteiger partial charge in [0.15, 0.2) is 0 Å². The zero-order valence-electron chi connectivity index (χ0n) is 18.2. The Morgan fingerprint density at radius 1 is 0.939 bits per heavy atom. The first-order valence-electron chi connectivity index (χ1n) is 10.1. The Morgan fingerprint density at radius 2 is 1.61 bits per heavy atom. The highest BCUT2D eigenvalue weighted by molar-refractivity contribution is 7.89. The van der Waals surface area contributed by atoms with Crippen molar-refractivity contribution >= 4 is 27.5 Å². The molecule has 3 rings (SSSR count). The highest BCUT2D eigenvalue weighted by Crippen LogP contribution is 2.27. The molecule has 174 valence electrons. The number of hydrogen-bond acceptors (Lipinski definition) is 5. The molecular weight excluding hydrogens is 464 g/mol. The summed E-state index contributed by atoms with van der Waals surface area (Å²) in [5.41, 5.74) is 1.57. The number of para-hydroxylation sites is 1. The molecule has 0 heterocycles. The molecule has 0 spiro atoms. The second kappa shape index (κ2) is 11.2. The fourth-order valence-electron chi connectivity index (χ4n) is 3.30. The summed E-state index contributed by atoms with van der Waals surface area (Å²) >= 11 is 6.02. The van der Waals surface area contributed by atoms with Gasteiger partial charge in [-0.1, -0.05) is 60.1 Å². The third-order valence-electron chi connectivity index (χ3n) is 4.96. The van der Waals surface area contributed by atoms with Gasteiger partial charge in [-0.25, -0.2) is 8.42 Å². The number of ether oxygens (including phenoxy) is 2. The lowest BCUT2D eigenvalue weighted by atomic mass is 10.1. The lowest BCUT2D eigenvalue weighted by molar-refractivity contribution is -0.122. The van der Waals surface area contributed by atoms with E-state index in [4.69, 9.17) is 21.1 Å². The Bertz CT molecular complexity index is 1200. The first-order valence-corrected chi connectivity index (χ1v) is 12.0. The summed E-state index contributed by atoms with van der Waals surface area (Å²) in [5.74, 6) is 0.274. The van der Waals surface area contributed by atoms with Crippen molar-refractivity contribution in [3.05, 3.63) is 88.9 Å². The van der Waals surface area contributed by atoms with Gasteiger partial charge in [0.25, 0.3) is 0 Å². The molecule has 0 aliphatic rings. The van der Waals surface area contributed by atoms with Crippen molar-refractivity contribution in [2.45, 2.75) is 23.9 Å². The maximum absolute atomic E-state index is 13.2. The van der Waals surface area contributed by atoms with Crippen LogP contribution < -0.4 is 19.5 Å². The Labute approximate surface area is 198 Å². The maximum atomic E-state index is 13.2. The molecule has 0 aliphatic carbocycles. The van der Waals surface area contributed by atoms with E-state index in [9.17, 15) is 13.2 Å². The van der Waals surface area contributed by atoms with Crippen molar-refractivity contribution in [3.8, 4) is 11.5 Å². The highest BCUT2D eigenvalue weighted by atomic mass is 35.5. The van der Waals surface area contributed by atoms with E-state index in [1.54, 1.807) is 13.2 Å². The zero-order chi connectivity index (χ0) is 23.8. The molecule has 3 aromatic rings. The molecule has 0 unspecified atom stereocenters.